The van der Waals surface area contributed by atoms with Gasteiger partial charge < -0.3 is 10.2 Å². The molecule has 0 radical (unpaired) electrons. The maximum atomic E-state index is 12.8. The fourth-order valence-corrected chi connectivity index (χ4v) is 4.73. The number of nitrogens with one attached hydrogen (secondary N) is 1. The van der Waals surface area contributed by atoms with E-state index in [9.17, 15) is 10.1 Å². The van der Waals surface area contributed by atoms with Crippen LogP contribution in [0.2, 0.25) is 0 Å². The Balaban J connectivity index is 1.22. The number of hydrogen-bond donors (Lipinski definition) is 1. The van der Waals surface area contributed by atoms with Crippen LogP contribution in [-0.2, 0) is 6.54 Å². The number of pyridine rings is 1. The number of nitrogens with zero attached hydrogens (tertiary/aromatic N) is 4. The molecule has 0 bridgehead atoms. The van der Waals surface area contributed by atoms with Gasteiger partial charge in [0.15, 0.2) is 0 Å². The summed E-state index contributed by atoms with van der Waals surface area (Å²) in [6, 6.07) is 14.6. The summed E-state index contributed by atoms with van der Waals surface area (Å²) >= 11 is 1.43. The van der Waals surface area contributed by atoms with E-state index in [0.717, 1.165) is 64.2 Å². The van der Waals surface area contributed by atoms with Crippen LogP contribution in [0.25, 0.3) is 0 Å². The van der Waals surface area contributed by atoms with Crippen LogP contribution >= 0.6 is 11.8 Å². The first-order chi connectivity index (χ1) is 15.7. The number of amides is 1. The maximum Gasteiger partial charge on any atom is 0.252 e. The summed E-state index contributed by atoms with van der Waals surface area (Å²) < 4.78 is 0. The number of nitriles is 1. The molecule has 0 spiro atoms. The molecule has 1 aliphatic heterocycles. The molecule has 1 aromatic carbocycles. The van der Waals surface area contributed by atoms with Crippen molar-refractivity contribution in [3.05, 3.63) is 58.8 Å². The van der Waals surface area contributed by atoms with Gasteiger partial charge in [0.25, 0.3) is 5.91 Å². The molecule has 4 rings (SSSR count). The summed E-state index contributed by atoms with van der Waals surface area (Å²) in [4.78, 5) is 22.4. The molecule has 6 nitrogen and oxygen atoms in total. The summed E-state index contributed by atoms with van der Waals surface area (Å²) in [5, 5.41) is 13.3. The van der Waals surface area contributed by atoms with E-state index >= 15 is 0 Å². The zero-order valence-electron chi connectivity index (χ0n) is 18.7. The first-order valence-corrected chi connectivity index (χ1v) is 12.7. The van der Waals surface area contributed by atoms with E-state index in [1.807, 2.05) is 12.3 Å². The lowest BCUT2D eigenvalue weighted by Gasteiger charge is -2.34. The van der Waals surface area contributed by atoms with Crippen LogP contribution in [0.5, 0.6) is 0 Å². The number of thioether (sulfide) groups is 1. The second-order valence-electron chi connectivity index (χ2n) is 8.58. The lowest BCUT2D eigenvalue weighted by atomic mass is 10.1. The third-order valence-electron chi connectivity index (χ3n) is 6.20. The van der Waals surface area contributed by atoms with Crippen LogP contribution in [0.3, 0.4) is 0 Å². The van der Waals surface area contributed by atoms with Crippen LogP contribution in [-0.4, -0.2) is 66.2 Å². The molecule has 168 valence electrons. The van der Waals surface area contributed by atoms with Gasteiger partial charge in [-0.05, 0) is 43.7 Å². The topological polar surface area (TPSA) is 72.3 Å². The quantitative estimate of drug-likeness (QED) is 0.467. The molecule has 1 aromatic heterocycles. The van der Waals surface area contributed by atoms with E-state index in [4.69, 9.17) is 0 Å². The molecule has 1 amide bonds. The van der Waals surface area contributed by atoms with Gasteiger partial charge in [-0.25, -0.2) is 4.98 Å². The second kappa shape index (κ2) is 11.0. The average Bonchev–Trinajstić information content (AvgIpc) is 3.68. The Morgan fingerprint density at radius 1 is 1.19 bits per heavy atom. The number of benzene rings is 1. The van der Waals surface area contributed by atoms with E-state index in [1.165, 1.54) is 17.3 Å². The van der Waals surface area contributed by atoms with Crippen LogP contribution < -0.4 is 5.32 Å². The van der Waals surface area contributed by atoms with Gasteiger partial charge in [-0.15, -0.1) is 11.8 Å². The highest BCUT2D eigenvalue weighted by Crippen LogP contribution is 2.40. The molecule has 1 aliphatic carbocycles. The Bertz CT molecular complexity index is 962. The Hall–Kier alpha value is -2.40. The van der Waals surface area contributed by atoms with Crippen molar-refractivity contribution in [2.24, 2.45) is 0 Å². The fourth-order valence-electron chi connectivity index (χ4n) is 4.18. The summed E-state index contributed by atoms with van der Waals surface area (Å²) in [6.45, 7) is 6.88. The van der Waals surface area contributed by atoms with Gasteiger partial charge >= 0.3 is 0 Å². The van der Waals surface area contributed by atoms with Crippen LogP contribution in [0.4, 0.5) is 0 Å². The van der Waals surface area contributed by atoms with Crippen LogP contribution in [0.15, 0.2) is 41.4 Å². The van der Waals surface area contributed by atoms with Crippen LogP contribution in [0, 0.1) is 11.3 Å². The summed E-state index contributed by atoms with van der Waals surface area (Å²) in [5.74, 6) is 0.287. The van der Waals surface area contributed by atoms with Crippen molar-refractivity contribution >= 4 is 17.7 Å². The van der Waals surface area contributed by atoms with Crippen molar-refractivity contribution in [3.63, 3.8) is 0 Å². The van der Waals surface area contributed by atoms with Crippen molar-refractivity contribution in [1.29, 1.82) is 5.26 Å². The van der Waals surface area contributed by atoms with E-state index in [0.29, 0.717) is 28.6 Å². The Morgan fingerprint density at radius 3 is 2.56 bits per heavy atom. The lowest BCUT2D eigenvalue weighted by Crippen LogP contribution is -2.46. The second-order valence-corrected chi connectivity index (χ2v) is 9.37. The largest absolute Gasteiger partial charge is 0.352 e. The highest BCUT2D eigenvalue weighted by molar-refractivity contribution is 7.98. The number of carbonyl (C=O) groups is 1. The molecule has 2 aromatic rings. The zero-order valence-corrected chi connectivity index (χ0v) is 19.5. The minimum atomic E-state index is -0.158. The lowest BCUT2D eigenvalue weighted by molar-refractivity contribution is 0.0946. The fraction of sp³-hybridized carbons (Fsp3) is 0.480. The first kappa shape index (κ1) is 22.8. The van der Waals surface area contributed by atoms with Gasteiger partial charge in [0.05, 0.1) is 11.1 Å². The molecular formula is C25H31N5OS. The van der Waals surface area contributed by atoms with E-state index in [-0.39, 0.29) is 5.91 Å². The molecule has 0 unspecified atom stereocenters. The Kier molecular flexibility index (Phi) is 7.80. The molecule has 2 aliphatic rings. The van der Waals surface area contributed by atoms with Gasteiger partial charge in [0, 0.05) is 50.9 Å². The van der Waals surface area contributed by atoms with Crippen molar-refractivity contribution in [2.45, 2.75) is 36.8 Å². The number of aromatic nitrogens is 1. The SMILES string of the molecule is CSc1nc(C2CC2)cc(C(=O)NCCCN2CCN(Cc3ccccc3)CC2)c1C#N. The van der Waals surface area contributed by atoms with Crippen molar-refractivity contribution in [1.82, 2.24) is 20.1 Å². The average molecular weight is 450 g/mol. The summed E-state index contributed by atoms with van der Waals surface area (Å²) in [5.41, 5.74) is 3.19. The van der Waals surface area contributed by atoms with E-state index in [1.54, 1.807) is 0 Å². The maximum absolute atomic E-state index is 12.8. The van der Waals surface area contributed by atoms with Gasteiger partial charge in [-0.2, -0.15) is 5.26 Å². The predicted molar refractivity (Wildman–Crippen MR) is 128 cm³/mol. The molecule has 32 heavy (non-hydrogen) atoms. The minimum Gasteiger partial charge on any atom is -0.352 e. The zero-order chi connectivity index (χ0) is 22.3. The van der Waals surface area contributed by atoms with Gasteiger partial charge in [0.2, 0.25) is 0 Å². The highest BCUT2D eigenvalue weighted by atomic mass is 32.2. The summed E-state index contributed by atoms with van der Waals surface area (Å²) in [6.07, 6.45) is 5.04. The minimum absolute atomic E-state index is 0.158. The third kappa shape index (κ3) is 5.89. The monoisotopic (exact) mass is 449 g/mol. The molecule has 2 heterocycles. The highest BCUT2D eigenvalue weighted by Gasteiger charge is 2.28. The van der Waals surface area contributed by atoms with Gasteiger partial charge in [-0.3, -0.25) is 9.69 Å². The number of rotatable bonds is 9. The Morgan fingerprint density at radius 2 is 1.91 bits per heavy atom. The molecule has 0 atom stereocenters. The standard InChI is InChI=1S/C25H31N5OS/c1-32-25-22(17-26)21(16-23(28-25)20-8-9-20)24(31)27-10-5-11-29-12-14-30(15-13-29)18-19-6-3-2-4-7-19/h2-4,6-7,16,20H,5,8-15,18H2,1H3,(H,27,31). The normalized spacial score (nSPS) is 17.1. The van der Waals surface area contributed by atoms with Crippen LogP contribution in [0.1, 0.15) is 52.4 Å². The van der Waals surface area contributed by atoms with Gasteiger partial charge in [-0.1, -0.05) is 30.3 Å². The van der Waals surface area contributed by atoms with E-state index < -0.39 is 0 Å². The molecule has 7 heteroatoms. The molecule has 1 N–H and O–H groups in total. The first-order valence-electron chi connectivity index (χ1n) is 11.4. The molecule has 1 saturated heterocycles. The van der Waals surface area contributed by atoms with Gasteiger partial charge in [0.1, 0.15) is 11.1 Å². The van der Waals surface area contributed by atoms with Crippen molar-refractivity contribution in [3.8, 4) is 6.07 Å². The summed E-state index contributed by atoms with van der Waals surface area (Å²) in [7, 11) is 0. The van der Waals surface area contributed by atoms with E-state index in [2.05, 4.69) is 56.5 Å². The third-order valence-corrected chi connectivity index (χ3v) is 6.88. The number of piperazine rings is 1. The smallest absolute Gasteiger partial charge is 0.252 e. The molecule has 2 fully saturated rings. The molecule has 1 saturated carbocycles. The van der Waals surface area contributed by atoms with Crippen molar-refractivity contribution in [2.75, 3.05) is 45.5 Å². The number of carbonyl (C=O) groups excluding carboxylic acids is 1. The predicted octanol–water partition coefficient (Wildman–Crippen LogP) is 3.49. The van der Waals surface area contributed by atoms with Crippen molar-refractivity contribution < 1.29 is 4.79 Å². The number of hydrogen-bond acceptors (Lipinski definition) is 6. The Labute approximate surface area is 195 Å². The molecular weight excluding hydrogens is 418 g/mol.